The van der Waals surface area contributed by atoms with Gasteiger partial charge in [0.15, 0.2) is 5.82 Å². The highest BCUT2D eigenvalue weighted by Gasteiger charge is 2.25. The first-order valence-electron chi connectivity index (χ1n) is 7.18. The molecule has 2 aromatic rings. The molecule has 0 radical (unpaired) electrons. The van der Waals surface area contributed by atoms with Gasteiger partial charge < -0.3 is 4.57 Å². The predicted octanol–water partition coefficient (Wildman–Crippen LogP) is 3.40. The van der Waals surface area contributed by atoms with Crippen LogP contribution in [0, 0.1) is 5.82 Å². The molecule has 1 unspecified atom stereocenters. The van der Waals surface area contributed by atoms with Crippen LogP contribution >= 0.6 is 11.6 Å². The Morgan fingerprint density at radius 1 is 1.45 bits per heavy atom. The second-order valence-electron chi connectivity index (χ2n) is 5.30. The summed E-state index contributed by atoms with van der Waals surface area (Å²) in [4.78, 5) is 6.84. The second-order valence-corrected chi connectivity index (χ2v) is 5.57. The van der Waals surface area contributed by atoms with Gasteiger partial charge in [-0.15, -0.1) is 11.6 Å². The van der Waals surface area contributed by atoms with Gasteiger partial charge in [0.05, 0.1) is 11.4 Å². The molecule has 0 saturated carbocycles. The number of likely N-dealkylation sites (N-methyl/N-ethyl adjacent to an activating group) is 1. The van der Waals surface area contributed by atoms with Crippen LogP contribution in [-0.2, 0) is 12.4 Å². The molecule has 3 rings (SSSR count). The van der Waals surface area contributed by atoms with Gasteiger partial charge in [-0.25, -0.2) is 9.37 Å². The van der Waals surface area contributed by atoms with Crippen molar-refractivity contribution in [3.63, 3.8) is 0 Å². The van der Waals surface area contributed by atoms with Crippen LogP contribution in [0.4, 0.5) is 4.39 Å². The van der Waals surface area contributed by atoms with Crippen LogP contribution in [0.1, 0.15) is 25.6 Å². The topological polar surface area (TPSA) is 21.1 Å². The third-order valence-electron chi connectivity index (χ3n) is 4.23. The molecule has 1 saturated heterocycles. The lowest BCUT2D eigenvalue weighted by atomic mass is 10.2. The van der Waals surface area contributed by atoms with Crippen LogP contribution in [0.15, 0.2) is 18.2 Å². The zero-order valence-electron chi connectivity index (χ0n) is 11.6. The molecule has 3 nitrogen and oxygen atoms in total. The maximum Gasteiger partial charge on any atom is 0.151 e. The van der Waals surface area contributed by atoms with Crippen LogP contribution in [0.25, 0.3) is 11.0 Å². The number of aromatic nitrogens is 2. The number of likely N-dealkylation sites (tertiary alicyclic amines) is 1. The van der Waals surface area contributed by atoms with E-state index < -0.39 is 0 Å². The zero-order chi connectivity index (χ0) is 14.1. The molecular formula is C15H19ClFN3. The first-order valence-corrected chi connectivity index (χ1v) is 7.71. The van der Waals surface area contributed by atoms with E-state index in [1.54, 1.807) is 6.07 Å². The summed E-state index contributed by atoms with van der Waals surface area (Å²) in [6.07, 6.45) is 2.42. The van der Waals surface area contributed by atoms with E-state index in [1.165, 1.54) is 18.9 Å². The van der Waals surface area contributed by atoms with E-state index in [4.69, 9.17) is 11.6 Å². The molecule has 2 heterocycles. The van der Waals surface area contributed by atoms with Crippen molar-refractivity contribution < 1.29 is 4.39 Å². The lowest BCUT2D eigenvalue weighted by Gasteiger charge is -2.24. The number of hydrogen-bond acceptors (Lipinski definition) is 2. The van der Waals surface area contributed by atoms with E-state index in [0.717, 1.165) is 31.0 Å². The zero-order valence-corrected chi connectivity index (χ0v) is 12.4. The monoisotopic (exact) mass is 295 g/mol. The van der Waals surface area contributed by atoms with Crippen LogP contribution < -0.4 is 0 Å². The number of imidazole rings is 1. The van der Waals surface area contributed by atoms with Crippen molar-refractivity contribution in [2.45, 2.75) is 38.2 Å². The number of para-hydroxylation sites is 1. The summed E-state index contributed by atoms with van der Waals surface area (Å²) in [6.45, 7) is 5.24. The minimum Gasteiger partial charge on any atom is -0.325 e. The Labute approximate surface area is 123 Å². The van der Waals surface area contributed by atoms with E-state index in [1.807, 2.05) is 6.07 Å². The molecule has 0 aliphatic carbocycles. The van der Waals surface area contributed by atoms with E-state index in [0.29, 0.717) is 17.4 Å². The molecule has 1 aliphatic heterocycles. The van der Waals surface area contributed by atoms with Crippen molar-refractivity contribution in [3.8, 4) is 0 Å². The van der Waals surface area contributed by atoms with Crippen molar-refractivity contribution in [3.05, 3.63) is 29.8 Å². The molecular weight excluding hydrogens is 277 g/mol. The van der Waals surface area contributed by atoms with Gasteiger partial charge >= 0.3 is 0 Å². The van der Waals surface area contributed by atoms with Gasteiger partial charge in [0.25, 0.3) is 0 Å². The molecule has 1 atom stereocenters. The minimum atomic E-state index is -0.272. The summed E-state index contributed by atoms with van der Waals surface area (Å²) in [7, 11) is 0. The third kappa shape index (κ3) is 2.31. The number of rotatable bonds is 4. The number of fused-ring (bicyclic) bond motifs is 1. The van der Waals surface area contributed by atoms with Gasteiger partial charge in [-0.05, 0) is 38.1 Å². The van der Waals surface area contributed by atoms with Gasteiger partial charge in [-0.3, -0.25) is 4.90 Å². The van der Waals surface area contributed by atoms with E-state index in [-0.39, 0.29) is 5.82 Å². The molecule has 0 N–H and O–H groups in total. The summed E-state index contributed by atoms with van der Waals surface area (Å²) >= 11 is 5.99. The van der Waals surface area contributed by atoms with Crippen molar-refractivity contribution in [1.29, 1.82) is 0 Å². The Morgan fingerprint density at radius 2 is 2.30 bits per heavy atom. The van der Waals surface area contributed by atoms with Gasteiger partial charge in [-0.1, -0.05) is 13.0 Å². The fourth-order valence-electron chi connectivity index (χ4n) is 3.20. The SMILES string of the molecule is CCN1CCCC1Cn1c(CCl)nc2c(F)cccc21. The largest absolute Gasteiger partial charge is 0.325 e. The Kier molecular flexibility index (Phi) is 3.94. The molecule has 0 spiro atoms. The maximum atomic E-state index is 13.8. The summed E-state index contributed by atoms with van der Waals surface area (Å²) in [5.74, 6) is 0.800. The summed E-state index contributed by atoms with van der Waals surface area (Å²) < 4.78 is 15.9. The Balaban J connectivity index is 1.99. The molecule has 108 valence electrons. The normalized spacial score (nSPS) is 20.1. The van der Waals surface area contributed by atoms with E-state index >= 15 is 0 Å². The summed E-state index contributed by atoms with van der Waals surface area (Å²) in [6, 6.07) is 5.61. The average Bonchev–Trinajstić information content (AvgIpc) is 3.05. The molecule has 1 aliphatic rings. The highest BCUT2D eigenvalue weighted by Crippen LogP contribution is 2.24. The average molecular weight is 296 g/mol. The smallest absolute Gasteiger partial charge is 0.151 e. The lowest BCUT2D eigenvalue weighted by Crippen LogP contribution is -2.33. The molecule has 1 fully saturated rings. The first-order chi connectivity index (χ1) is 9.74. The molecule has 1 aromatic heterocycles. The maximum absolute atomic E-state index is 13.8. The number of nitrogens with zero attached hydrogens (tertiary/aromatic N) is 3. The number of alkyl halides is 1. The number of halogens is 2. The van der Waals surface area contributed by atoms with Crippen molar-refractivity contribution in [1.82, 2.24) is 14.5 Å². The molecule has 5 heteroatoms. The molecule has 20 heavy (non-hydrogen) atoms. The van der Waals surface area contributed by atoms with Gasteiger partial charge in [0.2, 0.25) is 0 Å². The molecule has 0 amide bonds. The Hall–Kier alpha value is -1.13. The summed E-state index contributed by atoms with van der Waals surface area (Å²) in [5, 5.41) is 0. The Bertz CT molecular complexity index is 610. The van der Waals surface area contributed by atoms with Crippen molar-refractivity contribution in [2.24, 2.45) is 0 Å². The highest BCUT2D eigenvalue weighted by molar-refractivity contribution is 6.16. The lowest BCUT2D eigenvalue weighted by molar-refractivity contribution is 0.245. The van der Waals surface area contributed by atoms with Gasteiger partial charge in [0, 0.05) is 12.6 Å². The highest BCUT2D eigenvalue weighted by atomic mass is 35.5. The fraction of sp³-hybridized carbons (Fsp3) is 0.533. The van der Waals surface area contributed by atoms with Crippen LogP contribution in [0.5, 0.6) is 0 Å². The van der Waals surface area contributed by atoms with Crippen molar-refractivity contribution in [2.75, 3.05) is 13.1 Å². The van der Waals surface area contributed by atoms with Crippen LogP contribution in [-0.4, -0.2) is 33.6 Å². The van der Waals surface area contributed by atoms with E-state index in [2.05, 4.69) is 21.4 Å². The van der Waals surface area contributed by atoms with Gasteiger partial charge in [-0.2, -0.15) is 0 Å². The quantitative estimate of drug-likeness (QED) is 0.806. The van der Waals surface area contributed by atoms with Crippen LogP contribution in [0.3, 0.4) is 0 Å². The number of benzene rings is 1. The Morgan fingerprint density at radius 3 is 3.05 bits per heavy atom. The predicted molar refractivity (Wildman–Crippen MR) is 79.5 cm³/mol. The number of hydrogen-bond donors (Lipinski definition) is 0. The van der Waals surface area contributed by atoms with Gasteiger partial charge in [0.1, 0.15) is 11.3 Å². The standard InChI is InChI=1S/C15H19ClFN3/c1-2-19-8-4-5-11(19)10-20-13-7-3-6-12(17)15(13)18-14(20)9-16/h3,6-7,11H,2,4-5,8-10H2,1H3. The molecule has 0 bridgehead atoms. The second kappa shape index (κ2) is 5.70. The summed E-state index contributed by atoms with van der Waals surface area (Å²) in [5.41, 5.74) is 1.28. The van der Waals surface area contributed by atoms with Crippen molar-refractivity contribution >= 4 is 22.6 Å². The minimum absolute atomic E-state index is 0.272. The first kappa shape index (κ1) is 13.8. The van der Waals surface area contributed by atoms with Crippen LogP contribution in [0.2, 0.25) is 0 Å². The molecule has 1 aromatic carbocycles. The fourth-order valence-corrected chi connectivity index (χ4v) is 3.40. The third-order valence-corrected chi connectivity index (χ3v) is 4.47. The van der Waals surface area contributed by atoms with E-state index in [9.17, 15) is 4.39 Å².